The van der Waals surface area contributed by atoms with Crippen molar-refractivity contribution in [2.75, 3.05) is 0 Å². The van der Waals surface area contributed by atoms with Crippen molar-refractivity contribution in [1.82, 2.24) is 18.9 Å². The van der Waals surface area contributed by atoms with Crippen LogP contribution in [0.3, 0.4) is 0 Å². The smallest absolute Gasteiger partial charge is 0.267 e. The van der Waals surface area contributed by atoms with E-state index in [4.69, 9.17) is 4.98 Å². The second-order valence-corrected chi connectivity index (χ2v) is 10.7. The van der Waals surface area contributed by atoms with Gasteiger partial charge in [-0.1, -0.05) is 23.9 Å². The molecule has 9 heteroatoms. The highest BCUT2D eigenvalue weighted by Gasteiger charge is 2.19. The molecule has 162 valence electrons. The molecule has 5 aromatic rings. The van der Waals surface area contributed by atoms with Gasteiger partial charge >= 0.3 is 0 Å². The fourth-order valence-electron chi connectivity index (χ4n) is 3.66. The van der Waals surface area contributed by atoms with Crippen molar-refractivity contribution in [3.05, 3.63) is 83.8 Å². The average molecular weight is 481 g/mol. The van der Waals surface area contributed by atoms with Crippen molar-refractivity contribution in [2.45, 2.75) is 38.6 Å². The van der Waals surface area contributed by atoms with Gasteiger partial charge in [0.15, 0.2) is 10.1 Å². The number of aryl methyl sites for hydroxylation is 3. The summed E-state index contributed by atoms with van der Waals surface area (Å²) in [4.78, 5) is 38.1. The Kier molecular flexibility index (Phi) is 5.27. The van der Waals surface area contributed by atoms with E-state index in [0.29, 0.717) is 27.0 Å². The lowest BCUT2D eigenvalue weighted by Crippen LogP contribution is -2.22. The van der Waals surface area contributed by atoms with Crippen LogP contribution >= 0.6 is 34.4 Å². The highest BCUT2D eigenvalue weighted by Crippen LogP contribution is 2.31. The molecule has 4 aromatic heterocycles. The molecular formula is C23H20N4O2S3. The quantitative estimate of drug-likeness (QED) is 0.266. The molecule has 0 aliphatic carbocycles. The van der Waals surface area contributed by atoms with E-state index >= 15 is 0 Å². The van der Waals surface area contributed by atoms with Gasteiger partial charge in [0.05, 0.1) is 16.8 Å². The number of hydrogen-bond acceptors (Lipinski definition) is 7. The molecule has 0 saturated carbocycles. The molecule has 0 saturated heterocycles. The van der Waals surface area contributed by atoms with E-state index in [1.807, 2.05) is 51.3 Å². The van der Waals surface area contributed by atoms with Gasteiger partial charge in [-0.3, -0.25) is 18.6 Å². The van der Waals surface area contributed by atoms with E-state index < -0.39 is 0 Å². The molecule has 0 aliphatic rings. The van der Waals surface area contributed by atoms with Crippen LogP contribution in [0.25, 0.3) is 20.9 Å². The zero-order valence-electron chi connectivity index (χ0n) is 18.0. The Bertz CT molecular complexity index is 1620. The van der Waals surface area contributed by atoms with Crippen LogP contribution in [-0.4, -0.2) is 18.9 Å². The lowest BCUT2D eigenvalue weighted by atomic mass is 10.1. The van der Waals surface area contributed by atoms with E-state index in [1.165, 1.54) is 27.5 Å². The molecule has 0 N–H and O–H groups in total. The van der Waals surface area contributed by atoms with Gasteiger partial charge in [-0.25, -0.2) is 9.97 Å². The van der Waals surface area contributed by atoms with E-state index in [9.17, 15) is 9.59 Å². The molecule has 1 aromatic carbocycles. The molecule has 0 fully saturated rings. The molecule has 0 radical (unpaired) electrons. The molecule has 5 rings (SSSR count). The first kappa shape index (κ1) is 21.1. The molecule has 32 heavy (non-hydrogen) atoms. The number of rotatable bonds is 4. The predicted octanol–water partition coefficient (Wildman–Crippen LogP) is 5.04. The molecular weight excluding hydrogens is 460 g/mol. The van der Waals surface area contributed by atoms with Crippen LogP contribution in [0.4, 0.5) is 0 Å². The van der Waals surface area contributed by atoms with Gasteiger partial charge in [0.1, 0.15) is 4.83 Å². The fourth-order valence-corrected chi connectivity index (χ4v) is 6.37. The number of hydrogen-bond donors (Lipinski definition) is 0. The summed E-state index contributed by atoms with van der Waals surface area (Å²) in [7, 11) is 0. The lowest BCUT2D eigenvalue weighted by molar-refractivity contribution is 0.814. The van der Waals surface area contributed by atoms with Gasteiger partial charge in [0.2, 0.25) is 0 Å². The predicted molar refractivity (Wildman–Crippen MR) is 133 cm³/mol. The summed E-state index contributed by atoms with van der Waals surface area (Å²) in [6.45, 7) is 8.06. The minimum atomic E-state index is -0.105. The Labute approximate surface area is 196 Å². The largest absolute Gasteiger partial charge is 0.269 e. The third-order valence-electron chi connectivity index (χ3n) is 5.69. The minimum absolute atomic E-state index is 0.0604. The van der Waals surface area contributed by atoms with Gasteiger partial charge in [0, 0.05) is 28.3 Å². The Morgan fingerprint density at radius 2 is 1.88 bits per heavy atom. The number of nitrogens with zero attached hydrogens (tertiary/aromatic N) is 4. The van der Waals surface area contributed by atoms with Gasteiger partial charge in [-0.05, 0) is 50.5 Å². The molecule has 0 amide bonds. The van der Waals surface area contributed by atoms with Crippen LogP contribution in [0, 0.1) is 27.7 Å². The average Bonchev–Trinajstić information content (AvgIpc) is 3.34. The van der Waals surface area contributed by atoms with E-state index in [2.05, 4.69) is 4.98 Å². The Balaban J connectivity index is 1.67. The van der Waals surface area contributed by atoms with E-state index in [-0.39, 0.29) is 11.1 Å². The summed E-state index contributed by atoms with van der Waals surface area (Å²) >= 11 is 4.39. The molecule has 6 nitrogen and oxygen atoms in total. The molecule has 0 aliphatic heterocycles. The third kappa shape index (κ3) is 3.41. The van der Waals surface area contributed by atoms with Gasteiger partial charge in [-0.15, -0.1) is 22.7 Å². The van der Waals surface area contributed by atoms with Crippen molar-refractivity contribution < 1.29 is 0 Å². The monoisotopic (exact) mass is 480 g/mol. The standard InChI is InChI=1S/C23H20N4O2S3/c1-12-6-5-7-17(13(12)2)27-21(29)19-14(3)15(4)32-20(19)25-23(27)31-11-16-10-18(28)26-8-9-30-22(26)24-16/h5-10H,11H2,1-4H3. The summed E-state index contributed by atoms with van der Waals surface area (Å²) in [5.41, 5.74) is 4.47. The Morgan fingerprint density at radius 1 is 1.06 bits per heavy atom. The number of thioether (sulfide) groups is 1. The van der Waals surface area contributed by atoms with Crippen LogP contribution in [0.15, 0.2) is 50.6 Å². The molecule has 4 heterocycles. The maximum Gasteiger partial charge on any atom is 0.267 e. The third-order valence-corrected chi connectivity index (χ3v) is 8.52. The first-order valence-electron chi connectivity index (χ1n) is 10.0. The second kappa shape index (κ2) is 7.99. The molecule has 0 atom stereocenters. The topological polar surface area (TPSA) is 69.3 Å². The van der Waals surface area contributed by atoms with Crippen molar-refractivity contribution in [2.24, 2.45) is 0 Å². The zero-order valence-corrected chi connectivity index (χ0v) is 20.5. The van der Waals surface area contributed by atoms with Crippen LogP contribution in [0.5, 0.6) is 0 Å². The van der Waals surface area contributed by atoms with Crippen molar-refractivity contribution in [3.8, 4) is 5.69 Å². The summed E-state index contributed by atoms with van der Waals surface area (Å²) in [5.74, 6) is 0.440. The number of fused-ring (bicyclic) bond motifs is 2. The summed E-state index contributed by atoms with van der Waals surface area (Å²) in [5, 5.41) is 3.12. The normalized spacial score (nSPS) is 11.6. The second-order valence-electron chi connectivity index (χ2n) is 7.65. The van der Waals surface area contributed by atoms with E-state index in [1.54, 1.807) is 28.2 Å². The molecule has 0 spiro atoms. The molecule has 0 unspecified atom stereocenters. The Morgan fingerprint density at radius 3 is 2.69 bits per heavy atom. The van der Waals surface area contributed by atoms with Gasteiger partial charge < -0.3 is 0 Å². The Hall–Kier alpha value is -2.75. The highest BCUT2D eigenvalue weighted by molar-refractivity contribution is 7.98. The zero-order chi connectivity index (χ0) is 22.6. The van der Waals surface area contributed by atoms with Crippen molar-refractivity contribution in [1.29, 1.82) is 0 Å². The number of benzene rings is 1. The van der Waals surface area contributed by atoms with Crippen molar-refractivity contribution >= 4 is 49.6 Å². The van der Waals surface area contributed by atoms with Crippen LogP contribution < -0.4 is 11.1 Å². The van der Waals surface area contributed by atoms with Crippen molar-refractivity contribution in [3.63, 3.8) is 0 Å². The maximum atomic E-state index is 13.7. The summed E-state index contributed by atoms with van der Waals surface area (Å²) in [6.07, 6.45) is 1.72. The van der Waals surface area contributed by atoms with Crippen LogP contribution in [0.2, 0.25) is 0 Å². The fraction of sp³-hybridized carbons (Fsp3) is 0.217. The van der Waals surface area contributed by atoms with Crippen LogP contribution in [-0.2, 0) is 5.75 Å². The minimum Gasteiger partial charge on any atom is -0.269 e. The van der Waals surface area contributed by atoms with Crippen LogP contribution in [0.1, 0.15) is 27.3 Å². The molecule has 0 bridgehead atoms. The number of thiazole rings is 1. The number of thiophene rings is 1. The lowest BCUT2D eigenvalue weighted by Gasteiger charge is -2.15. The van der Waals surface area contributed by atoms with Gasteiger partial charge in [-0.2, -0.15) is 0 Å². The van der Waals surface area contributed by atoms with Gasteiger partial charge in [0.25, 0.3) is 11.1 Å². The number of aromatic nitrogens is 4. The maximum absolute atomic E-state index is 13.7. The first-order chi connectivity index (χ1) is 15.3. The SMILES string of the molecule is Cc1cccc(-n2c(SCc3cc(=O)n4ccsc4n3)nc3sc(C)c(C)c3c2=O)c1C. The summed E-state index contributed by atoms with van der Waals surface area (Å²) in [6, 6.07) is 7.50. The van der Waals surface area contributed by atoms with E-state index in [0.717, 1.165) is 32.1 Å². The highest BCUT2D eigenvalue weighted by atomic mass is 32.2. The first-order valence-corrected chi connectivity index (χ1v) is 12.7. The summed E-state index contributed by atoms with van der Waals surface area (Å²) < 4.78 is 3.25.